The van der Waals surface area contributed by atoms with Crippen LogP contribution in [0.2, 0.25) is 0 Å². The van der Waals surface area contributed by atoms with Gasteiger partial charge in [-0.1, -0.05) is 12.8 Å². The molecule has 84 valence electrons. The maximum atomic E-state index is 5.90. The first-order valence-corrected chi connectivity index (χ1v) is 5.91. The molecule has 2 aromatic heterocycles. The van der Waals surface area contributed by atoms with Gasteiger partial charge in [0.15, 0.2) is 5.65 Å². The van der Waals surface area contributed by atoms with Crippen LogP contribution in [0.25, 0.3) is 11.2 Å². The van der Waals surface area contributed by atoms with Gasteiger partial charge in [-0.25, -0.2) is 9.97 Å². The first kappa shape index (κ1) is 9.63. The van der Waals surface area contributed by atoms with Crippen LogP contribution in [-0.4, -0.2) is 14.5 Å². The van der Waals surface area contributed by atoms with Gasteiger partial charge in [-0.3, -0.25) is 4.57 Å². The summed E-state index contributed by atoms with van der Waals surface area (Å²) in [5, 5.41) is 0. The van der Waals surface area contributed by atoms with Crippen LogP contribution in [0.15, 0.2) is 18.3 Å². The van der Waals surface area contributed by atoms with Crippen molar-refractivity contribution in [3.63, 3.8) is 0 Å². The van der Waals surface area contributed by atoms with Crippen LogP contribution in [0.3, 0.4) is 0 Å². The summed E-state index contributed by atoms with van der Waals surface area (Å²) in [5.74, 6) is 1.56. The van der Waals surface area contributed by atoms with Crippen molar-refractivity contribution >= 4 is 17.1 Å². The molecule has 0 aromatic carbocycles. The number of anilines is 1. The highest BCUT2D eigenvalue weighted by Crippen LogP contribution is 2.33. The first-order chi connectivity index (χ1) is 7.84. The summed E-state index contributed by atoms with van der Waals surface area (Å²) in [6.07, 6.45) is 7.11. The summed E-state index contributed by atoms with van der Waals surface area (Å²) < 4.78 is 2.03. The van der Waals surface area contributed by atoms with Crippen LogP contribution in [0.5, 0.6) is 0 Å². The molecule has 1 aliphatic rings. The number of aryl methyl sites for hydroxylation is 1. The smallest absolute Gasteiger partial charge is 0.202 e. The molecule has 4 nitrogen and oxygen atoms in total. The topological polar surface area (TPSA) is 56.7 Å². The van der Waals surface area contributed by atoms with Gasteiger partial charge in [0.05, 0.1) is 0 Å². The lowest BCUT2D eigenvalue weighted by molar-refractivity contribution is 0.588. The van der Waals surface area contributed by atoms with Crippen molar-refractivity contribution in [1.29, 1.82) is 0 Å². The number of pyridine rings is 1. The molecule has 0 atom stereocenters. The van der Waals surface area contributed by atoms with Gasteiger partial charge >= 0.3 is 0 Å². The number of nitrogen functional groups attached to an aromatic ring is 1. The van der Waals surface area contributed by atoms with Gasteiger partial charge in [0, 0.05) is 12.7 Å². The Hall–Kier alpha value is -1.58. The number of hydrogen-bond acceptors (Lipinski definition) is 3. The van der Waals surface area contributed by atoms with E-state index in [9.17, 15) is 0 Å². The second-order valence-corrected chi connectivity index (χ2v) is 4.55. The minimum absolute atomic E-state index is 0.587. The second kappa shape index (κ2) is 3.77. The van der Waals surface area contributed by atoms with Crippen LogP contribution < -0.4 is 5.73 Å². The highest BCUT2D eigenvalue weighted by atomic mass is 15.2. The summed E-state index contributed by atoms with van der Waals surface area (Å²) in [6.45, 7) is 0.940. The number of nitrogens with zero attached hydrogens (tertiary/aromatic N) is 3. The van der Waals surface area contributed by atoms with Crippen LogP contribution in [0, 0.1) is 5.92 Å². The van der Waals surface area contributed by atoms with Gasteiger partial charge < -0.3 is 5.73 Å². The van der Waals surface area contributed by atoms with Crippen LogP contribution in [-0.2, 0) is 6.54 Å². The SMILES string of the molecule is Nc1nc2cccnc2n1CCCC1CC1. The van der Waals surface area contributed by atoms with E-state index in [0.717, 1.165) is 23.6 Å². The maximum absolute atomic E-state index is 5.90. The molecule has 16 heavy (non-hydrogen) atoms. The third kappa shape index (κ3) is 1.75. The largest absolute Gasteiger partial charge is 0.369 e. The third-order valence-corrected chi connectivity index (χ3v) is 3.22. The number of rotatable bonds is 4. The Morgan fingerprint density at radius 1 is 1.44 bits per heavy atom. The standard InChI is InChI=1S/C12H16N4/c13-12-15-10-4-1-7-14-11(10)16(12)8-2-3-9-5-6-9/h1,4,7,9H,2-3,5-6,8H2,(H2,13,15). The predicted molar refractivity (Wildman–Crippen MR) is 63.9 cm³/mol. The van der Waals surface area contributed by atoms with Gasteiger partial charge in [0.25, 0.3) is 0 Å². The van der Waals surface area contributed by atoms with E-state index < -0.39 is 0 Å². The summed E-state index contributed by atoms with van der Waals surface area (Å²) in [6, 6.07) is 3.85. The molecule has 1 aliphatic carbocycles. The van der Waals surface area contributed by atoms with E-state index in [4.69, 9.17) is 5.73 Å². The Kier molecular flexibility index (Phi) is 2.27. The summed E-state index contributed by atoms with van der Waals surface area (Å²) in [5.41, 5.74) is 7.71. The lowest BCUT2D eigenvalue weighted by Crippen LogP contribution is -2.04. The molecule has 0 saturated heterocycles. The molecule has 4 heteroatoms. The third-order valence-electron chi connectivity index (χ3n) is 3.22. The fraction of sp³-hybridized carbons (Fsp3) is 0.500. The lowest BCUT2D eigenvalue weighted by atomic mass is 10.2. The average Bonchev–Trinajstić information content (AvgIpc) is 3.04. The highest BCUT2D eigenvalue weighted by molar-refractivity contribution is 5.73. The molecular formula is C12H16N4. The molecule has 2 aromatic rings. The van der Waals surface area contributed by atoms with Gasteiger partial charge in [-0.15, -0.1) is 0 Å². The average molecular weight is 216 g/mol. The fourth-order valence-corrected chi connectivity index (χ4v) is 2.14. The van der Waals surface area contributed by atoms with Gasteiger partial charge in [0.2, 0.25) is 5.95 Å². The molecule has 0 bridgehead atoms. The van der Waals surface area contributed by atoms with Crippen LogP contribution in [0.1, 0.15) is 25.7 Å². The number of imidazole rings is 1. The molecule has 2 N–H and O–H groups in total. The molecular weight excluding hydrogens is 200 g/mol. The van der Waals surface area contributed by atoms with Crippen molar-refractivity contribution in [3.8, 4) is 0 Å². The van der Waals surface area contributed by atoms with E-state index in [1.165, 1.54) is 25.7 Å². The summed E-state index contributed by atoms with van der Waals surface area (Å²) in [4.78, 5) is 8.64. The maximum Gasteiger partial charge on any atom is 0.202 e. The van der Waals surface area contributed by atoms with Gasteiger partial charge in [-0.05, 0) is 30.9 Å². The Morgan fingerprint density at radius 2 is 2.31 bits per heavy atom. The zero-order valence-corrected chi connectivity index (χ0v) is 9.26. The monoisotopic (exact) mass is 216 g/mol. The van der Waals surface area contributed by atoms with Crippen molar-refractivity contribution in [2.24, 2.45) is 5.92 Å². The van der Waals surface area contributed by atoms with Crippen molar-refractivity contribution in [2.45, 2.75) is 32.2 Å². The van der Waals surface area contributed by atoms with E-state index in [1.54, 1.807) is 6.20 Å². The Morgan fingerprint density at radius 3 is 3.12 bits per heavy atom. The van der Waals surface area contributed by atoms with E-state index >= 15 is 0 Å². The molecule has 0 radical (unpaired) electrons. The van der Waals surface area contributed by atoms with Crippen molar-refractivity contribution in [2.75, 3.05) is 5.73 Å². The number of nitrogens with two attached hydrogens (primary N) is 1. The fourth-order valence-electron chi connectivity index (χ4n) is 2.14. The summed E-state index contributed by atoms with van der Waals surface area (Å²) in [7, 11) is 0. The van der Waals surface area contributed by atoms with E-state index in [2.05, 4.69) is 9.97 Å². The van der Waals surface area contributed by atoms with Crippen molar-refractivity contribution in [3.05, 3.63) is 18.3 Å². The summed E-state index contributed by atoms with van der Waals surface area (Å²) >= 11 is 0. The van der Waals surface area contributed by atoms with Gasteiger partial charge in [0.1, 0.15) is 5.52 Å². The number of fused-ring (bicyclic) bond motifs is 1. The Labute approximate surface area is 94.5 Å². The zero-order valence-electron chi connectivity index (χ0n) is 9.26. The molecule has 0 unspecified atom stereocenters. The molecule has 0 aliphatic heterocycles. The lowest BCUT2D eigenvalue weighted by Gasteiger charge is -2.04. The van der Waals surface area contributed by atoms with E-state index in [-0.39, 0.29) is 0 Å². The molecule has 1 fully saturated rings. The second-order valence-electron chi connectivity index (χ2n) is 4.55. The molecule has 0 amide bonds. The molecule has 0 spiro atoms. The first-order valence-electron chi connectivity index (χ1n) is 5.91. The Bertz CT molecular complexity index is 499. The molecule has 2 heterocycles. The number of aromatic nitrogens is 3. The van der Waals surface area contributed by atoms with Crippen LogP contribution >= 0.6 is 0 Å². The highest BCUT2D eigenvalue weighted by Gasteiger charge is 2.20. The molecule has 3 rings (SSSR count). The van der Waals surface area contributed by atoms with E-state index in [0.29, 0.717) is 5.95 Å². The number of hydrogen-bond donors (Lipinski definition) is 1. The van der Waals surface area contributed by atoms with Crippen molar-refractivity contribution in [1.82, 2.24) is 14.5 Å². The minimum Gasteiger partial charge on any atom is -0.369 e. The zero-order chi connectivity index (χ0) is 11.0. The van der Waals surface area contributed by atoms with Gasteiger partial charge in [-0.2, -0.15) is 0 Å². The van der Waals surface area contributed by atoms with E-state index in [1.807, 2.05) is 16.7 Å². The Balaban J connectivity index is 1.80. The van der Waals surface area contributed by atoms with Crippen molar-refractivity contribution < 1.29 is 0 Å². The predicted octanol–water partition coefficient (Wildman–Crippen LogP) is 2.20. The quantitative estimate of drug-likeness (QED) is 0.852. The minimum atomic E-state index is 0.587. The van der Waals surface area contributed by atoms with Crippen LogP contribution in [0.4, 0.5) is 5.95 Å². The normalized spacial score (nSPS) is 15.8. The molecule has 1 saturated carbocycles.